The number of fused-ring (bicyclic) bond motifs is 1. The first-order valence-electron chi connectivity index (χ1n) is 6.68. The molecule has 0 saturated heterocycles. The maximum absolute atomic E-state index is 14.3. The number of hydrogen-bond donors (Lipinski definition) is 0. The first kappa shape index (κ1) is 13.5. The zero-order chi connectivity index (χ0) is 15.0. The molecule has 6 heteroatoms. The largest absolute Gasteiger partial charge is 0.438 e. The van der Waals surface area contributed by atoms with Gasteiger partial charge in [0.1, 0.15) is 24.2 Å². The lowest BCUT2D eigenvalue weighted by Crippen LogP contribution is -1.99. The third kappa shape index (κ3) is 2.44. The number of rotatable bonds is 3. The minimum absolute atomic E-state index is 0.128. The zero-order valence-corrected chi connectivity index (χ0v) is 12.0. The van der Waals surface area contributed by atoms with E-state index >= 15 is 0 Å². The molecule has 0 spiro atoms. The Morgan fingerprint density at radius 2 is 2.05 bits per heavy atom. The Morgan fingerprint density at radius 1 is 1.24 bits per heavy atom. The highest BCUT2D eigenvalue weighted by atomic mass is 19.1. The second-order valence-corrected chi connectivity index (χ2v) is 5.14. The van der Waals surface area contributed by atoms with Gasteiger partial charge >= 0.3 is 0 Å². The predicted molar refractivity (Wildman–Crippen MR) is 76.1 cm³/mol. The fourth-order valence-electron chi connectivity index (χ4n) is 2.12. The normalized spacial score (nSPS) is 11.3. The summed E-state index contributed by atoms with van der Waals surface area (Å²) in [6.45, 7) is 5.62. The minimum atomic E-state index is -0.231. The van der Waals surface area contributed by atoms with Crippen LogP contribution in [0, 0.1) is 12.7 Å². The molecule has 0 aliphatic rings. The van der Waals surface area contributed by atoms with Crippen LogP contribution in [0.3, 0.4) is 0 Å². The molecule has 0 fully saturated rings. The van der Waals surface area contributed by atoms with E-state index < -0.39 is 0 Å². The van der Waals surface area contributed by atoms with Crippen molar-refractivity contribution >= 4 is 5.65 Å². The summed E-state index contributed by atoms with van der Waals surface area (Å²) in [6, 6.07) is 5.17. The van der Waals surface area contributed by atoms with Gasteiger partial charge in [-0.3, -0.25) is 0 Å². The molecule has 108 valence electrons. The lowest BCUT2D eigenvalue weighted by molar-refractivity contribution is 0.450. The molecule has 0 atom stereocenters. The third-order valence-corrected chi connectivity index (χ3v) is 3.35. The number of benzene rings is 1. The van der Waals surface area contributed by atoms with Crippen LogP contribution in [-0.4, -0.2) is 19.6 Å². The Kier molecular flexibility index (Phi) is 3.29. The average molecular weight is 286 g/mol. The number of hydrogen-bond acceptors (Lipinski definition) is 4. The molecule has 0 aliphatic heterocycles. The molecule has 0 saturated carbocycles. The molecule has 2 heterocycles. The number of halogens is 1. The van der Waals surface area contributed by atoms with Crippen molar-refractivity contribution in [3.05, 3.63) is 47.8 Å². The van der Waals surface area contributed by atoms with Crippen LogP contribution in [0.5, 0.6) is 11.6 Å². The van der Waals surface area contributed by atoms with Crippen LogP contribution in [0.15, 0.2) is 30.9 Å². The van der Waals surface area contributed by atoms with Gasteiger partial charge in [-0.1, -0.05) is 19.9 Å². The molecule has 2 aromatic heterocycles. The molecule has 3 aromatic rings. The quantitative estimate of drug-likeness (QED) is 0.739. The molecule has 3 rings (SSSR count). The van der Waals surface area contributed by atoms with Gasteiger partial charge in [-0.25, -0.2) is 18.9 Å². The maximum Gasteiger partial charge on any atom is 0.224 e. The summed E-state index contributed by atoms with van der Waals surface area (Å²) in [5, 5.41) is 3.96. The molecule has 21 heavy (non-hydrogen) atoms. The summed E-state index contributed by atoms with van der Waals surface area (Å²) in [4.78, 5) is 8.17. The van der Waals surface area contributed by atoms with Crippen LogP contribution in [0.4, 0.5) is 4.39 Å². The van der Waals surface area contributed by atoms with Crippen molar-refractivity contribution in [2.24, 2.45) is 0 Å². The van der Waals surface area contributed by atoms with Gasteiger partial charge in [-0.2, -0.15) is 5.10 Å². The Labute approximate surface area is 121 Å². The second kappa shape index (κ2) is 5.12. The molecule has 0 radical (unpaired) electrons. The van der Waals surface area contributed by atoms with Gasteiger partial charge in [0.2, 0.25) is 5.88 Å². The standard InChI is InChI=1S/C15H15FN4O/c1-9(2)11-4-5-12(10(3)15(11)16)21-14-6-13-17-7-19-20(13)8-18-14/h4-9H,1-3H3. The van der Waals surface area contributed by atoms with Crippen LogP contribution in [0.2, 0.25) is 0 Å². The predicted octanol–water partition coefficient (Wildman–Crippen LogP) is 3.49. The third-order valence-electron chi connectivity index (χ3n) is 3.35. The minimum Gasteiger partial charge on any atom is -0.438 e. The average Bonchev–Trinajstić information content (AvgIpc) is 2.91. The van der Waals surface area contributed by atoms with Crippen molar-refractivity contribution in [1.82, 2.24) is 19.6 Å². The van der Waals surface area contributed by atoms with Crippen molar-refractivity contribution in [2.75, 3.05) is 0 Å². The molecule has 0 aliphatic carbocycles. The van der Waals surface area contributed by atoms with Crippen molar-refractivity contribution < 1.29 is 9.13 Å². The molecular weight excluding hydrogens is 271 g/mol. The Morgan fingerprint density at radius 3 is 2.81 bits per heavy atom. The van der Waals surface area contributed by atoms with Crippen LogP contribution in [-0.2, 0) is 0 Å². The zero-order valence-electron chi connectivity index (χ0n) is 12.0. The maximum atomic E-state index is 14.3. The summed E-state index contributed by atoms with van der Waals surface area (Å²) < 4.78 is 21.5. The van der Waals surface area contributed by atoms with Crippen molar-refractivity contribution in [2.45, 2.75) is 26.7 Å². The highest BCUT2D eigenvalue weighted by Crippen LogP contribution is 2.30. The Balaban J connectivity index is 1.95. The van der Waals surface area contributed by atoms with Crippen LogP contribution in [0.1, 0.15) is 30.9 Å². The summed E-state index contributed by atoms with van der Waals surface area (Å²) in [7, 11) is 0. The second-order valence-electron chi connectivity index (χ2n) is 5.14. The molecule has 0 bridgehead atoms. The van der Waals surface area contributed by atoms with Gasteiger partial charge in [0, 0.05) is 11.6 Å². The molecule has 0 unspecified atom stereocenters. The van der Waals surface area contributed by atoms with Crippen LogP contribution < -0.4 is 4.74 Å². The van der Waals surface area contributed by atoms with Crippen LogP contribution in [0.25, 0.3) is 5.65 Å². The first-order valence-corrected chi connectivity index (χ1v) is 6.68. The SMILES string of the molecule is Cc1c(Oc2cc3ncnn3cn2)ccc(C(C)C)c1F. The Hall–Kier alpha value is -2.50. The highest BCUT2D eigenvalue weighted by molar-refractivity contribution is 5.44. The summed E-state index contributed by atoms with van der Waals surface area (Å²) in [5.41, 5.74) is 1.78. The monoisotopic (exact) mass is 286 g/mol. The topological polar surface area (TPSA) is 52.3 Å². The molecule has 5 nitrogen and oxygen atoms in total. The van der Waals surface area contributed by atoms with Gasteiger partial charge in [0.05, 0.1) is 0 Å². The first-order chi connectivity index (χ1) is 10.1. The molecule has 1 aromatic carbocycles. The number of aromatic nitrogens is 4. The summed E-state index contributed by atoms with van der Waals surface area (Å²) in [6.07, 6.45) is 2.94. The van der Waals surface area contributed by atoms with Crippen molar-refractivity contribution in [1.29, 1.82) is 0 Å². The molecule has 0 N–H and O–H groups in total. The lowest BCUT2D eigenvalue weighted by atomic mass is 10.00. The van der Waals surface area contributed by atoms with E-state index in [1.165, 1.54) is 17.2 Å². The summed E-state index contributed by atoms with van der Waals surface area (Å²) in [5.74, 6) is 0.706. The Bertz CT molecular complexity index is 797. The van der Waals surface area contributed by atoms with Crippen LogP contribution >= 0.6 is 0 Å². The summed E-state index contributed by atoms with van der Waals surface area (Å²) >= 11 is 0. The van der Waals surface area contributed by atoms with E-state index in [4.69, 9.17) is 4.74 Å². The number of ether oxygens (including phenoxy) is 1. The smallest absolute Gasteiger partial charge is 0.224 e. The number of nitrogens with zero attached hydrogens (tertiary/aromatic N) is 4. The van der Waals surface area contributed by atoms with E-state index in [-0.39, 0.29) is 11.7 Å². The molecule has 0 amide bonds. The van der Waals surface area contributed by atoms with Gasteiger partial charge < -0.3 is 4.74 Å². The van der Waals surface area contributed by atoms with E-state index in [9.17, 15) is 4.39 Å². The van der Waals surface area contributed by atoms with E-state index in [0.717, 1.165) is 0 Å². The van der Waals surface area contributed by atoms with Gasteiger partial charge in [-0.05, 0) is 24.5 Å². The molecular formula is C15H15FN4O. The van der Waals surface area contributed by atoms with E-state index in [1.807, 2.05) is 13.8 Å². The fraction of sp³-hybridized carbons (Fsp3) is 0.267. The van der Waals surface area contributed by atoms with Gasteiger partial charge in [0.15, 0.2) is 5.65 Å². The van der Waals surface area contributed by atoms with Gasteiger partial charge in [-0.15, -0.1) is 0 Å². The lowest BCUT2D eigenvalue weighted by Gasteiger charge is -2.13. The van der Waals surface area contributed by atoms with Crippen molar-refractivity contribution in [3.8, 4) is 11.6 Å². The van der Waals surface area contributed by atoms with E-state index in [2.05, 4.69) is 15.1 Å². The van der Waals surface area contributed by atoms with E-state index in [0.29, 0.717) is 28.4 Å². The van der Waals surface area contributed by atoms with Crippen molar-refractivity contribution in [3.63, 3.8) is 0 Å². The highest BCUT2D eigenvalue weighted by Gasteiger charge is 2.14. The fourth-order valence-corrected chi connectivity index (χ4v) is 2.12. The van der Waals surface area contributed by atoms with Gasteiger partial charge in [0.25, 0.3) is 0 Å². The van der Waals surface area contributed by atoms with E-state index in [1.54, 1.807) is 25.1 Å².